The molecule has 0 aliphatic carbocycles. The smallest absolute Gasteiger partial charge is 0.0587 e. The van der Waals surface area contributed by atoms with E-state index in [-0.39, 0.29) is 0 Å². The number of rotatable bonds is 9. The third kappa shape index (κ3) is 6.12. The Morgan fingerprint density at radius 3 is 2.81 bits per heavy atom. The number of halogens is 1. The molecule has 5 heteroatoms. The van der Waals surface area contributed by atoms with Crippen LogP contribution >= 0.6 is 11.6 Å². The van der Waals surface area contributed by atoms with E-state index in [2.05, 4.69) is 15.6 Å². The second-order valence-corrected chi connectivity index (χ2v) is 4.05. The number of aromatic amines is 1. The number of aromatic nitrogens is 1. The first-order chi connectivity index (χ1) is 7.83. The highest BCUT2D eigenvalue weighted by Gasteiger charge is 1.95. The van der Waals surface area contributed by atoms with Crippen molar-refractivity contribution < 1.29 is 4.74 Å². The average Bonchev–Trinajstić information content (AvgIpc) is 2.68. The highest BCUT2D eigenvalue weighted by Crippen LogP contribution is 2.08. The van der Waals surface area contributed by atoms with E-state index in [1.54, 1.807) is 13.3 Å². The number of hydrogen-bond acceptors (Lipinski definition) is 3. The molecule has 0 aromatic carbocycles. The van der Waals surface area contributed by atoms with Gasteiger partial charge >= 0.3 is 0 Å². The number of H-pyrrole nitrogens is 1. The standard InChI is InChI=1S/C11H20ClN3O/c1-16-6-5-13-3-2-4-14-9-11-7-10(12)8-15-11/h7-8,13-15H,2-6,9H2,1H3. The lowest BCUT2D eigenvalue weighted by Gasteiger charge is -2.05. The summed E-state index contributed by atoms with van der Waals surface area (Å²) in [5.41, 5.74) is 1.12. The zero-order chi connectivity index (χ0) is 11.6. The zero-order valence-corrected chi connectivity index (χ0v) is 10.4. The van der Waals surface area contributed by atoms with Gasteiger partial charge in [0, 0.05) is 32.1 Å². The van der Waals surface area contributed by atoms with Gasteiger partial charge < -0.3 is 20.4 Å². The monoisotopic (exact) mass is 245 g/mol. The molecule has 1 rings (SSSR count). The van der Waals surface area contributed by atoms with Gasteiger partial charge in [0.15, 0.2) is 0 Å². The molecular formula is C11H20ClN3O. The minimum Gasteiger partial charge on any atom is -0.383 e. The summed E-state index contributed by atoms with van der Waals surface area (Å²) in [5.74, 6) is 0. The molecule has 0 bridgehead atoms. The summed E-state index contributed by atoms with van der Waals surface area (Å²) < 4.78 is 4.93. The van der Waals surface area contributed by atoms with E-state index in [1.807, 2.05) is 6.07 Å². The first-order valence-corrected chi connectivity index (χ1v) is 5.94. The Labute approximate surface area is 102 Å². The maximum absolute atomic E-state index is 5.79. The molecule has 1 aromatic rings. The Morgan fingerprint density at radius 1 is 1.31 bits per heavy atom. The molecule has 0 aliphatic rings. The molecule has 0 fully saturated rings. The van der Waals surface area contributed by atoms with Crippen molar-refractivity contribution in [3.63, 3.8) is 0 Å². The third-order valence-electron chi connectivity index (χ3n) is 2.21. The first-order valence-electron chi connectivity index (χ1n) is 5.56. The fraction of sp³-hybridized carbons (Fsp3) is 0.636. The van der Waals surface area contributed by atoms with E-state index in [1.165, 1.54) is 0 Å². The average molecular weight is 246 g/mol. The highest BCUT2D eigenvalue weighted by molar-refractivity contribution is 6.30. The van der Waals surface area contributed by atoms with Crippen LogP contribution in [0.1, 0.15) is 12.1 Å². The predicted octanol–water partition coefficient (Wildman–Crippen LogP) is 1.38. The minimum absolute atomic E-state index is 0.762. The molecular weight excluding hydrogens is 226 g/mol. The summed E-state index contributed by atoms with van der Waals surface area (Å²) in [4.78, 5) is 3.10. The molecule has 0 spiro atoms. The second-order valence-electron chi connectivity index (χ2n) is 3.62. The molecule has 3 N–H and O–H groups in total. The van der Waals surface area contributed by atoms with E-state index in [0.29, 0.717) is 0 Å². The largest absolute Gasteiger partial charge is 0.383 e. The first kappa shape index (κ1) is 13.5. The maximum atomic E-state index is 5.79. The summed E-state index contributed by atoms with van der Waals surface area (Å²) in [5, 5.41) is 7.40. The van der Waals surface area contributed by atoms with E-state index >= 15 is 0 Å². The summed E-state index contributed by atoms with van der Waals surface area (Å²) >= 11 is 5.79. The molecule has 0 amide bonds. The van der Waals surface area contributed by atoms with Crippen molar-refractivity contribution in [1.29, 1.82) is 0 Å². The van der Waals surface area contributed by atoms with Crippen molar-refractivity contribution >= 4 is 11.6 Å². The SMILES string of the molecule is COCCNCCCNCc1cc(Cl)c[nH]1. The molecule has 16 heavy (non-hydrogen) atoms. The van der Waals surface area contributed by atoms with E-state index < -0.39 is 0 Å². The van der Waals surface area contributed by atoms with Crippen molar-refractivity contribution in [3.05, 3.63) is 23.0 Å². The zero-order valence-electron chi connectivity index (χ0n) is 9.68. The highest BCUT2D eigenvalue weighted by atomic mass is 35.5. The van der Waals surface area contributed by atoms with Crippen LogP contribution in [0.2, 0.25) is 5.02 Å². The van der Waals surface area contributed by atoms with Gasteiger partial charge in [-0.05, 0) is 25.6 Å². The van der Waals surface area contributed by atoms with Crippen molar-refractivity contribution in [3.8, 4) is 0 Å². The van der Waals surface area contributed by atoms with Crippen LogP contribution in [0.4, 0.5) is 0 Å². The van der Waals surface area contributed by atoms with Gasteiger partial charge in [0.25, 0.3) is 0 Å². The van der Waals surface area contributed by atoms with Gasteiger partial charge in [-0.1, -0.05) is 11.6 Å². The van der Waals surface area contributed by atoms with Gasteiger partial charge in [-0.15, -0.1) is 0 Å². The normalized spacial score (nSPS) is 10.9. The molecule has 0 unspecified atom stereocenters. The van der Waals surface area contributed by atoms with Gasteiger partial charge in [-0.25, -0.2) is 0 Å². The lowest BCUT2D eigenvalue weighted by molar-refractivity contribution is 0.199. The summed E-state index contributed by atoms with van der Waals surface area (Å²) in [6, 6.07) is 1.94. The molecule has 0 atom stereocenters. The Kier molecular flexibility index (Phi) is 7.25. The molecule has 0 aliphatic heterocycles. The maximum Gasteiger partial charge on any atom is 0.0587 e. The fourth-order valence-corrected chi connectivity index (χ4v) is 1.56. The summed E-state index contributed by atoms with van der Waals surface area (Å²) in [7, 11) is 1.71. The minimum atomic E-state index is 0.762. The van der Waals surface area contributed by atoms with Gasteiger partial charge in [0.05, 0.1) is 11.6 Å². The third-order valence-corrected chi connectivity index (χ3v) is 2.43. The van der Waals surface area contributed by atoms with Crippen LogP contribution in [0.15, 0.2) is 12.3 Å². The molecule has 4 nitrogen and oxygen atoms in total. The molecule has 1 aromatic heterocycles. The van der Waals surface area contributed by atoms with Crippen molar-refractivity contribution in [2.75, 3.05) is 33.4 Å². The van der Waals surface area contributed by atoms with E-state index in [9.17, 15) is 0 Å². The Morgan fingerprint density at radius 2 is 2.12 bits per heavy atom. The molecule has 0 saturated carbocycles. The van der Waals surface area contributed by atoms with Crippen LogP contribution < -0.4 is 10.6 Å². The number of methoxy groups -OCH3 is 1. The van der Waals surface area contributed by atoms with Crippen LogP contribution in [-0.2, 0) is 11.3 Å². The molecule has 0 radical (unpaired) electrons. The van der Waals surface area contributed by atoms with Crippen LogP contribution in [-0.4, -0.2) is 38.3 Å². The second kappa shape index (κ2) is 8.58. The van der Waals surface area contributed by atoms with Crippen LogP contribution in [0.3, 0.4) is 0 Å². The topological polar surface area (TPSA) is 49.1 Å². The van der Waals surface area contributed by atoms with E-state index in [0.717, 1.165) is 49.9 Å². The Bertz CT molecular complexity index is 278. The van der Waals surface area contributed by atoms with Gasteiger partial charge in [0.1, 0.15) is 0 Å². The van der Waals surface area contributed by atoms with Crippen LogP contribution in [0.5, 0.6) is 0 Å². The lowest BCUT2D eigenvalue weighted by atomic mass is 10.4. The summed E-state index contributed by atoms with van der Waals surface area (Å²) in [6.07, 6.45) is 2.91. The molecule has 92 valence electrons. The Balaban J connectivity index is 1.88. The van der Waals surface area contributed by atoms with Gasteiger partial charge in [0.2, 0.25) is 0 Å². The quantitative estimate of drug-likeness (QED) is 0.577. The number of hydrogen-bond donors (Lipinski definition) is 3. The summed E-state index contributed by atoms with van der Waals surface area (Å²) in [6.45, 7) is 4.54. The van der Waals surface area contributed by atoms with Crippen LogP contribution in [0, 0.1) is 0 Å². The van der Waals surface area contributed by atoms with Gasteiger partial charge in [-0.3, -0.25) is 0 Å². The van der Waals surface area contributed by atoms with Crippen molar-refractivity contribution in [2.24, 2.45) is 0 Å². The Hall–Kier alpha value is -0.550. The molecule has 1 heterocycles. The van der Waals surface area contributed by atoms with Crippen molar-refractivity contribution in [1.82, 2.24) is 15.6 Å². The number of ether oxygens (including phenoxy) is 1. The molecule has 0 saturated heterocycles. The van der Waals surface area contributed by atoms with Gasteiger partial charge in [-0.2, -0.15) is 0 Å². The number of nitrogens with one attached hydrogen (secondary N) is 3. The lowest BCUT2D eigenvalue weighted by Crippen LogP contribution is -2.24. The van der Waals surface area contributed by atoms with Crippen molar-refractivity contribution in [2.45, 2.75) is 13.0 Å². The van der Waals surface area contributed by atoms with E-state index in [4.69, 9.17) is 16.3 Å². The van der Waals surface area contributed by atoms with Crippen LogP contribution in [0.25, 0.3) is 0 Å². The predicted molar refractivity (Wildman–Crippen MR) is 66.9 cm³/mol. The fourth-order valence-electron chi connectivity index (χ4n) is 1.37.